The van der Waals surface area contributed by atoms with Gasteiger partial charge in [-0.05, 0) is 36.2 Å². The molecule has 1 aromatic carbocycles. The number of nitrogens with zero attached hydrogens (tertiary/aromatic N) is 3. The van der Waals surface area contributed by atoms with E-state index >= 15 is 0 Å². The van der Waals surface area contributed by atoms with Crippen molar-refractivity contribution < 1.29 is 0 Å². The zero-order valence-electron chi connectivity index (χ0n) is 11.5. The van der Waals surface area contributed by atoms with Crippen LogP contribution in [0.2, 0.25) is 10.3 Å². The van der Waals surface area contributed by atoms with Gasteiger partial charge in [-0.2, -0.15) is 0 Å². The fraction of sp³-hybridized carbons (Fsp3) is 0.429. The van der Waals surface area contributed by atoms with Crippen LogP contribution >= 0.6 is 23.2 Å². The van der Waals surface area contributed by atoms with Crippen LogP contribution in [0.15, 0.2) is 24.3 Å². The number of halogens is 2. The number of benzene rings is 1. The number of hydrogen-bond acceptors (Lipinski definition) is 2. The molecule has 0 spiro atoms. The van der Waals surface area contributed by atoms with Crippen molar-refractivity contribution in [3.8, 4) is 0 Å². The summed E-state index contributed by atoms with van der Waals surface area (Å²) in [7, 11) is 0. The van der Waals surface area contributed by atoms with Crippen molar-refractivity contribution in [2.75, 3.05) is 0 Å². The first-order valence-electron chi connectivity index (χ1n) is 6.17. The molecule has 0 fully saturated rings. The molecule has 0 saturated heterocycles. The molecule has 0 aliphatic heterocycles. The van der Waals surface area contributed by atoms with Gasteiger partial charge in [0.15, 0.2) is 0 Å². The molecule has 2 rings (SSSR count). The molecule has 0 N–H and O–H groups in total. The predicted octanol–water partition coefficient (Wildman–Crippen LogP) is 4.49. The summed E-state index contributed by atoms with van der Waals surface area (Å²) in [4.78, 5) is 0. The van der Waals surface area contributed by atoms with Gasteiger partial charge in [-0.15, -0.1) is 10.2 Å². The molecule has 3 nitrogen and oxygen atoms in total. The summed E-state index contributed by atoms with van der Waals surface area (Å²) in [5.41, 5.74) is 1.01. The van der Waals surface area contributed by atoms with Crippen LogP contribution in [-0.4, -0.2) is 14.8 Å². The smallest absolute Gasteiger partial charge is 0.225 e. The summed E-state index contributed by atoms with van der Waals surface area (Å²) in [6.45, 7) is 8.36. The molecule has 0 bridgehead atoms. The van der Waals surface area contributed by atoms with Gasteiger partial charge in [-0.25, -0.2) is 0 Å². The van der Waals surface area contributed by atoms with Crippen molar-refractivity contribution in [3.05, 3.63) is 46.0 Å². The third-order valence-corrected chi connectivity index (χ3v) is 3.57. The lowest BCUT2D eigenvalue weighted by Gasteiger charge is -2.23. The highest BCUT2D eigenvalue weighted by Gasteiger charge is 2.26. The lowest BCUT2D eigenvalue weighted by atomic mass is 9.95. The van der Waals surface area contributed by atoms with Crippen LogP contribution < -0.4 is 0 Å². The molecule has 102 valence electrons. The Labute approximate surface area is 123 Å². The van der Waals surface area contributed by atoms with Crippen molar-refractivity contribution in [1.29, 1.82) is 0 Å². The third-order valence-electron chi connectivity index (χ3n) is 3.06. The molecule has 0 aliphatic rings. The van der Waals surface area contributed by atoms with E-state index in [9.17, 15) is 0 Å². The van der Waals surface area contributed by atoms with E-state index in [2.05, 4.69) is 37.9 Å². The highest BCUT2D eigenvalue weighted by atomic mass is 35.5. The summed E-state index contributed by atoms with van der Waals surface area (Å²) >= 11 is 12.1. The molecule has 5 heteroatoms. The summed E-state index contributed by atoms with van der Waals surface area (Å²) in [5.74, 6) is 0.875. The SMILES string of the molecule is CC(c1ccc(Cl)cc1)n1c(Cl)nnc1C(C)(C)C. The number of aromatic nitrogens is 3. The van der Waals surface area contributed by atoms with E-state index in [1.54, 1.807) is 0 Å². The van der Waals surface area contributed by atoms with Crippen LogP contribution in [0, 0.1) is 0 Å². The first kappa shape index (κ1) is 14.4. The van der Waals surface area contributed by atoms with Gasteiger partial charge < -0.3 is 0 Å². The lowest BCUT2D eigenvalue weighted by Crippen LogP contribution is -2.21. The maximum atomic E-state index is 6.19. The van der Waals surface area contributed by atoms with E-state index in [0.717, 1.165) is 16.4 Å². The molecule has 0 radical (unpaired) electrons. The Morgan fingerprint density at radius 2 is 1.63 bits per heavy atom. The topological polar surface area (TPSA) is 30.7 Å². The zero-order valence-corrected chi connectivity index (χ0v) is 13.0. The van der Waals surface area contributed by atoms with Crippen molar-refractivity contribution in [3.63, 3.8) is 0 Å². The van der Waals surface area contributed by atoms with Crippen LogP contribution in [0.4, 0.5) is 0 Å². The minimum absolute atomic E-state index is 0.0639. The van der Waals surface area contributed by atoms with Crippen LogP contribution in [-0.2, 0) is 5.41 Å². The van der Waals surface area contributed by atoms with Crippen molar-refractivity contribution >= 4 is 23.2 Å². The first-order chi connectivity index (χ1) is 8.80. The van der Waals surface area contributed by atoms with E-state index in [1.165, 1.54) is 0 Å². The van der Waals surface area contributed by atoms with Gasteiger partial charge in [0.25, 0.3) is 0 Å². The van der Waals surface area contributed by atoms with E-state index in [-0.39, 0.29) is 11.5 Å². The molecule has 0 amide bonds. The summed E-state index contributed by atoms with van der Waals surface area (Å²) < 4.78 is 1.96. The Morgan fingerprint density at radius 1 is 1.05 bits per heavy atom. The normalized spacial score (nSPS) is 13.6. The maximum Gasteiger partial charge on any atom is 0.225 e. The van der Waals surface area contributed by atoms with E-state index in [1.807, 2.05) is 28.8 Å². The van der Waals surface area contributed by atoms with Crippen molar-refractivity contribution in [2.24, 2.45) is 0 Å². The average molecular weight is 298 g/mol. The maximum absolute atomic E-state index is 6.19. The van der Waals surface area contributed by atoms with Crippen LogP contribution in [0.5, 0.6) is 0 Å². The van der Waals surface area contributed by atoms with Gasteiger partial charge in [-0.1, -0.05) is 44.5 Å². The fourth-order valence-corrected chi connectivity index (χ4v) is 2.41. The molecule has 2 aromatic rings. The number of hydrogen-bond donors (Lipinski definition) is 0. The van der Waals surface area contributed by atoms with E-state index in [4.69, 9.17) is 23.2 Å². The van der Waals surface area contributed by atoms with Gasteiger partial charge in [-0.3, -0.25) is 4.57 Å². The monoisotopic (exact) mass is 297 g/mol. The van der Waals surface area contributed by atoms with Crippen LogP contribution in [0.1, 0.15) is 45.1 Å². The van der Waals surface area contributed by atoms with Gasteiger partial charge in [0, 0.05) is 10.4 Å². The molecule has 1 heterocycles. The van der Waals surface area contributed by atoms with E-state index < -0.39 is 0 Å². The minimum atomic E-state index is -0.110. The average Bonchev–Trinajstić information content (AvgIpc) is 2.71. The molecule has 0 aliphatic carbocycles. The standard InChI is InChI=1S/C14H17Cl2N3/c1-9(10-5-7-11(15)8-6-10)19-12(14(2,3)4)17-18-13(19)16/h5-9H,1-4H3. The predicted molar refractivity (Wildman–Crippen MR) is 79.0 cm³/mol. The largest absolute Gasteiger partial charge is 0.294 e. The lowest BCUT2D eigenvalue weighted by molar-refractivity contribution is 0.481. The van der Waals surface area contributed by atoms with Gasteiger partial charge in [0.1, 0.15) is 5.82 Å². The van der Waals surface area contributed by atoms with Crippen LogP contribution in [0.3, 0.4) is 0 Å². The van der Waals surface area contributed by atoms with E-state index in [0.29, 0.717) is 5.28 Å². The Morgan fingerprint density at radius 3 is 2.16 bits per heavy atom. The molecule has 1 unspecified atom stereocenters. The van der Waals surface area contributed by atoms with Crippen LogP contribution in [0.25, 0.3) is 0 Å². The summed E-state index contributed by atoms with van der Waals surface area (Å²) in [5, 5.41) is 9.34. The molecule has 19 heavy (non-hydrogen) atoms. The summed E-state index contributed by atoms with van der Waals surface area (Å²) in [6, 6.07) is 7.81. The molecular weight excluding hydrogens is 281 g/mol. The quantitative estimate of drug-likeness (QED) is 0.817. The van der Waals surface area contributed by atoms with Gasteiger partial charge in [0.2, 0.25) is 5.28 Å². The Hall–Kier alpha value is -1.06. The van der Waals surface area contributed by atoms with Crippen molar-refractivity contribution in [1.82, 2.24) is 14.8 Å². The highest BCUT2D eigenvalue weighted by Crippen LogP contribution is 2.30. The summed E-state index contributed by atoms with van der Waals surface area (Å²) in [6.07, 6.45) is 0. The minimum Gasteiger partial charge on any atom is -0.294 e. The second kappa shape index (κ2) is 5.14. The fourth-order valence-electron chi connectivity index (χ4n) is 2.02. The molecule has 1 atom stereocenters. The van der Waals surface area contributed by atoms with Gasteiger partial charge >= 0.3 is 0 Å². The highest BCUT2D eigenvalue weighted by molar-refractivity contribution is 6.30. The van der Waals surface area contributed by atoms with Gasteiger partial charge in [0.05, 0.1) is 6.04 Å². The van der Waals surface area contributed by atoms with Crippen molar-refractivity contribution in [2.45, 2.75) is 39.2 Å². The number of rotatable bonds is 2. The third kappa shape index (κ3) is 2.93. The molecule has 1 aromatic heterocycles. The first-order valence-corrected chi connectivity index (χ1v) is 6.92. The Balaban J connectivity index is 2.47. The molecular formula is C14H17Cl2N3. The Kier molecular flexibility index (Phi) is 3.88. The zero-order chi connectivity index (χ0) is 14.2. The Bertz CT molecular complexity index is 567. The second-order valence-electron chi connectivity index (χ2n) is 5.64. The second-order valence-corrected chi connectivity index (χ2v) is 6.41. The molecule has 0 saturated carbocycles.